The third kappa shape index (κ3) is 3.81. The summed E-state index contributed by atoms with van der Waals surface area (Å²) in [7, 11) is -3.41. The van der Waals surface area contributed by atoms with Gasteiger partial charge in [0.25, 0.3) is 0 Å². The van der Waals surface area contributed by atoms with E-state index in [4.69, 9.17) is 0 Å². The first-order valence-corrected chi connectivity index (χ1v) is 7.39. The van der Waals surface area contributed by atoms with E-state index in [1.807, 2.05) is 6.92 Å². The van der Waals surface area contributed by atoms with E-state index in [-0.39, 0.29) is 4.90 Å². The summed E-state index contributed by atoms with van der Waals surface area (Å²) in [5.74, 6) is 0.483. The van der Waals surface area contributed by atoms with Crippen molar-refractivity contribution < 1.29 is 8.42 Å². The SMILES string of the molecule is CCn1cc(S(=O)(=O)NCCC(C)C)c(C)n1. The van der Waals surface area contributed by atoms with Gasteiger partial charge in [-0.2, -0.15) is 5.10 Å². The number of rotatable bonds is 6. The highest BCUT2D eigenvalue weighted by Gasteiger charge is 2.19. The zero-order chi connectivity index (χ0) is 13.1. The van der Waals surface area contributed by atoms with Crippen molar-refractivity contribution in [3.8, 4) is 0 Å². The number of aromatic nitrogens is 2. The molecule has 1 N–H and O–H groups in total. The molecule has 0 aliphatic rings. The van der Waals surface area contributed by atoms with Gasteiger partial charge in [-0.1, -0.05) is 13.8 Å². The van der Waals surface area contributed by atoms with Gasteiger partial charge in [0.2, 0.25) is 10.0 Å². The minimum Gasteiger partial charge on any atom is -0.271 e. The summed E-state index contributed by atoms with van der Waals surface area (Å²) in [5.41, 5.74) is 0.545. The number of sulfonamides is 1. The minimum absolute atomic E-state index is 0.281. The molecule has 1 rings (SSSR count). The predicted octanol–water partition coefficient (Wildman–Crippen LogP) is 1.54. The van der Waals surface area contributed by atoms with Gasteiger partial charge in [-0.05, 0) is 26.2 Å². The molecule has 6 heteroatoms. The molecule has 0 spiro atoms. The van der Waals surface area contributed by atoms with Gasteiger partial charge in [0.05, 0.1) is 5.69 Å². The van der Waals surface area contributed by atoms with E-state index < -0.39 is 10.0 Å². The van der Waals surface area contributed by atoms with Crippen molar-refractivity contribution in [1.82, 2.24) is 14.5 Å². The van der Waals surface area contributed by atoms with Gasteiger partial charge in [-0.3, -0.25) is 4.68 Å². The molecule has 17 heavy (non-hydrogen) atoms. The van der Waals surface area contributed by atoms with Crippen LogP contribution in [-0.2, 0) is 16.6 Å². The Hall–Kier alpha value is -0.880. The van der Waals surface area contributed by atoms with Crippen LogP contribution in [-0.4, -0.2) is 24.7 Å². The molecule has 1 heterocycles. The summed E-state index contributed by atoms with van der Waals surface area (Å²) in [4.78, 5) is 0.281. The van der Waals surface area contributed by atoms with Crippen molar-refractivity contribution in [1.29, 1.82) is 0 Å². The van der Waals surface area contributed by atoms with Crippen LogP contribution in [0, 0.1) is 12.8 Å². The first-order valence-electron chi connectivity index (χ1n) is 5.90. The highest BCUT2D eigenvalue weighted by Crippen LogP contribution is 2.13. The Kier molecular flexibility index (Phi) is 4.70. The molecule has 0 atom stereocenters. The lowest BCUT2D eigenvalue weighted by molar-refractivity contribution is 0.551. The van der Waals surface area contributed by atoms with Gasteiger partial charge in [0.15, 0.2) is 0 Å². The van der Waals surface area contributed by atoms with Gasteiger partial charge >= 0.3 is 0 Å². The maximum absolute atomic E-state index is 12.0. The van der Waals surface area contributed by atoms with Crippen molar-refractivity contribution in [2.75, 3.05) is 6.54 Å². The summed E-state index contributed by atoms with van der Waals surface area (Å²) >= 11 is 0. The van der Waals surface area contributed by atoms with Gasteiger partial charge < -0.3 is 0 Å². The summed E-state index contributed by atoms with van der Waals surface area (Å²) in [5, 5.41) is 4.14. The second kappa shape index (κ2) is 5.64. The fourth-order valence-corrected chi connectivity index (χ4v) is 2.72. The summed E-state index contributed by atoms with van der Waals surface area (Å²) < 4.78 is 28.2. The molecule has 0 fully saturated rings. The van der Waals surface area contributed by atoms with Crippen molar-refractivity contribution >= 4 is 10.0 Å². The lowest BCUT2D eigenvalue weighted by atomic mass is 10.1. The smallest absolute Gasteiger partial charge is 0.243 e. The molecule has 1 aromatic heterocycles. The molecule has 0 bridgehead atoms. The van der Waals surface area contributed by atoms with Crippen LogP contribution in [0.3, 0.4) is 0 Å². The predicted molar refractivity (Wildman–Crippen MR) is 67.3 cm³/mol. The average Bonchev–Trinajstić information content (AvgIpc) is 2.59. The summed E-state index contributed by atoms with van der Waals surface area (Å²) in [6, 6.07) is 0. The van der Waals surface area contributed by atoms with E-state index in [0.717, 1.165) is 6.42 Å². The molecule has 1 aromatic rings. The summed E-state index contributed by atoms with van der Waals surface area (Å²) in [6.07, 6.45) is 2.41. The molecular weight excluding hydrogens is 238 g/mol. The standard InChI is InChI=1S/C11H21N3O2S/c1-5-14-8-11(10(4)13-14)17(15,16)12-7-6-9(2)3/h8-9,12H,5-7H2,1-4H3. The lowest BCUT2D eigenvalue weighted by Gasteiger charge is -2.07. The van der Waals surface area contributed by atoms with Crippen LogP contribution in [0.1, 0.15) is 32.9 Å². The van der Waals surface area contributed by atoms with Crippen molar-refractivity contribution in [3.05, 3.63) is 11.9 Å². The van der Waals surface area contributed by atoms with Crippen LogP contribution < -0.4 is 4.72 Å². The summed E-state index contributed by atoms with van der Waals surface area (Å²) in [6.45, 7) is 8.90. The van der Waals surface area contributed by atoms with Crippen LogP contribution in [0.4, 0.5) is 0 Å². The molecule has 0 aromatic carbocycles. The maximum Gasteiger partial charge on any atom is 0.243 e. The highest BCUT2D eigenvalue weighted by molar-refractivity contribution is 7.89. The third-order valence-electron chi connectivity index (χ3n) is 2.53. The molecule has 0 radical (unpaired) electrons. The Balaban J connectivity index is 2.78. The Bertz CT molecular complexity index is 463. The second-order valence-electron chi connectivity index (χ2n) is 4.51. The van der Waals surface area contributed by atoms with Crippen molar-refractivity contribution in [2.24, 2.45) is 5.92 Å². The zero-order valence-corrected chi connectivity index (χ0v) is 11.7. The number of hydrogen-bond acceptors (Lipinski definition) is 3. The molecule has 0 unspecified atom stereocenters. The van der Waals surface area contributed by atoms with Gasteiger partial charge in [-0.15, -0.1) is 0 Å². The molecule has 0 aliphatic carbocycles. The third-order valence-corrected chi connectivity index (χ3v) is 4.09. The largest absolute Gasteiger partial charge is 0.271 e. The molecule has 98 valence electrons. The Labute approximate surface area is 103 Å². The van der Waals surface area contributed by atoms with E-state index in [9.17, 15) is 8.42 Å². The fourth-order valence-electron chi connectivity index (χ4n) is 1.49. The molecule has 0 amide bonds. The van der Waals surface area contributed by atoms with Crippen LogP contribution in [0.2, 0.25) is 0 Å². The van der Waals surface area contributed by atoms with Crippen molar-refractivity contribution in [2.45, 2.75) is 45.6 Å². The number of nitrogens with one attached hydrogen (secondary N) is 1. The van der Waals surface area contributed by atoms with E-state index in [2.05, 4.69) is 23.7 Å². The number of nitrogens with zero attached hydrogens (tertiary/aromatic N) is 2. The minimum atomic E-state index is -3.41. The fraction of sp³-hybridized carbons (Fsp3) is 0.727. The van der Waals surface area contributed by atoms with E-state index in [1.165, 1.54) is 0 Å². The monoisotopic (exact) mass is 259 g/mol. The Morgan fingerprint density at radius 3 is 2.59 bits per heavy atom. The molecule has 0 aliphatic heterocycles. The Morgan fingerprint density at radius 1 is 1.47 bits per heavy atom. The second-order valence-corrected chi connectivity index (χ2v) is 6.25. The van der Waals surface area contributed by atoms with E-state index >= 15 is 0 Å². The normalized spacial score (nSPS) is 12.3. The quantitative estimate of drug-likeness (QED) is 0.842. The highest BCUT2D eigenvalue weighted by atomic mass is 32.2. The first kappa shape index (κ1) is 14.2. The van der Waals surface area contributed by atoms with Gasteiger partial charge in [0.1, 0.15) is 4.90 Å². The number of hydrogen-bond donors (Lipinski definition) is 1. The maximum atomic E-state index is 12.0. The van der Waals surface area contributed by atoms with Crippen LogP contribution in [0.15, 0.2) is 11.1 Å². The van der Waals surface area contributed by atoms with Crippen molar-refractivity contribution in [3.63, 3.8) is 0 Å². The number of aryl methyl sites for hydroxylation is 2. The lowest BCUT2D eigenvalue weighted by Crippen LogP contribution is -2.25. The van der Waals surface area contributed by atoms with Crippen LogP contribution >= 0.6 is 0 Å². The Morgan fingerprint density at radius 2 is 2.12 bits per heavy atom. The first-order chi connectivity index (χ1) is 7.86. The van der Waals surface area contributed by atoms with Gasteiger partial charge in [-0.25, -0.2) is 13.1 Å². The van der Waals surface area contributed by atoms with Crippen LogP contribution in [0.25, 0.3) is 0 Å². The topological polar surface area (TPSA) is 64.0 Å². The zero-order valence-electron chi connectivity index (χ0n) is 10.9. The van der Waals surface area contributed by atoms with Crippen LogP contribution in [0.5, 0.6) is 0 Å². The molecule has 0 saturated carbocycles. The average molecular weight is 259 g/mol. The van der Waals surface area contributed by atoms with E-state index in [0.29, 0.717) is 24.7 Å². The molecule has 5 nitrogen and oxygen atoms in total. The van der Waals surface area contributed by atoms with Gasteiger partial charge in [0, 0.05) is 19.3 Å². The molecular formula is C11H21N3O2S. The molecule has 0 saturated heterocycles. The van der Waals surface area contributed by atoms with E-state index in [1.54, 1.807) is 17.8 Å².